The van der Waals surface area contributed by atoms with Gasteiger partial charge in [-0.05, 0) is 57.2 Å². The van der Waals surface area contributed by atoms with Gasteiger partial charge in [0, 0.05) is 58.9 Å². The average molecular weight is 487 g/mol. The minimum absolute atomic E-state index is 0.0887. The predicted octanol–water partition coefficient (Wildman–Crippen LogP) is 4.05. The number of carbonyl (C=O) groups is 2. The SMILES string of the molecule is Cc1oc2c(C)c3oc(=O)c(CCC(=O)N4CCC(C(=O)[O-])CC4)c(C)c3cc2c1-c1ccccc1. The Balaban J connectivity index is 1.48. The van der Waals surface area contributed by atoms with E-state index in [0.717, 1.165) is 38.8 Å². The maximum absolute atomic E-state index is 12.9. The number of aliphatic carboxylic acids is 1. The van der Waals surface area contributed by atoms with Gasteiger partial charge in [0.15, 0.2) is 0 Å². The summed E-state index contributed by atoms with van der Waals surface area (Å²) in [5, 5.41) is 12.9. The number of fused-ring (bicyclic) bond motifs is 2. The fourth-order valence-electron chi connectivity index (χ4n) is 5.38. The zero-order valence-corrected chi connectivity index (χ0v) is 20.7. The first-order chi connectivity index (χ1) is 17.3. The highest BCUT2D eigenvalue weighted by atomic mass is 16.4. The number of furan rings is 1. The van der Waals surface area contributed by atoms with Crippen LogP contribution in [0.4, 0.5) is 0 Å². The number of hydrogen-bond acceptors (Lipinski definition) is 6. The lowest BCUT2D eigenvalue weighted by molar-refractivity contribution is -0.312. The van der Waals surface area contributed by atoms with Crippen LogP contribution in [-0.2, 0) is 16.0 Å². The van der Waals surface area contributed by atoms with Crippen LogP contribution in [0.2, 0.25) is 0 Å². The van der Waals surface area contributed by atoms with E-state index in [0.29, 0.717) is 42.7 Å². The van der Waals surface area contributed by atoms with Crippen molar-refractivity contribution >= 4 is 33.8 Å². The van der Waals surface area contributed by atoms with E-state index in [-0.39, 0.29) is 18.7 Å². The van der Waals surface area contributed by atoms with Gasteiger partial charge in [0.25, 0.3) is 0 Å². The highest BCUT2D eigenvalue weighted by Gasteiger charge is 2.25. The molecule has 0 N–H and O–H groups in total. The maximum Gasteiger partial charge on any atom is 0.339 e. The van der Waals surface area contributed by atoms with Crippen LogP contribution in [0.15, 0.2) is 50.0 Å². The molecule has 1 aliphatic rings. The molecule has 0 saturated carbocycles. The molecule has 3 heterocycles. The summed E-state index contributed by atoms with van der Waals surface area (Å²) in [5.74, 6) is -0.854. The zero-order valence-electron chi connectivity index (χ0n) is 20.7. The average Bonchev–Trinajstić information content (AvgIpc) is 3.21. The number of likely N-dealkylation sites (tertiary alicyclic amines) is 1. The fraction of sp³-hybridized carbons (Fsp3) is 0.345. The molecule has 36 heavy (non-hydrogen) atoms. The Bertz CT molecular complexity index is 1540. The van der Waals surface area contributed by atoms with Crippen molar-refractivity contribution < 1.29 is 23.5 Å². The lowest BCUT2D eigenvalue weighted by Crippen LogP contribution is -2.43. The third kappa shape index (κ3) is 4.08. The van der Waals surface area contributed by atoms with Crippen molar-refractivity contribution in [3.8, 4) is 11.1 Å². The van der Waals surface area contributed by atoms with Crippen LogP contribution >= 0.6 is 0 Å². The van der Waals surface area contributed by atoms with Crippen molar-refractivity contribution in [1.82, 2.24) is 4.90 Å². The number of carbonyl (C=O) groups excluding carboxylic acids is 2. The van der Waals surface area contributed by atoms with E-state index in [1.54, 1.807) is 4.90 Å². The highest BCUT2D eigenvalue weighted by Crippen LogP contribution is 2.39. The van der Waals surface area contributed by atoms with E-state index in [4.69, 9.17) is 8.83 Å². The third-order valence-electron chi connectivity index (χ3n) is 7.47. The third-order valence-corrected chi connectivity index (χ3v) is 7.47. The van der Waals surface area contributed by atoms with E-state index >= 15 is 0 Å². The van der Waals surface area contributed by atoms with E-state index < -0.39 is 17.5 Å². The van der Waals surface area contributed by atoms with E-state index in [9.17, 15) is 19.5 Å². The molecular weight excluding hydrogens is 458 g/mol. The second-order valence-electron chi connectivity index (χ2n) is 9.62. The minimum atomic E-state index is -1.06. The normalized spacial score (nSPS) is 14.6. The smallest absolute Gasteiger partial charge is 0.339 e. The number of piperidine rings is 1. The fourth-order valence-corrected chi connectivity index (χ4v) is 5.38. The Morgan fingerprint density at radius 1 is 0.972 bits per heavy atom. The van der Waals surface area contributed by atoms with Crippen molar-refractivity contribution in [2.45, 2.75) is 46.5 Å². The monoisotopic (exact) mass is 486 g/mol. The van der Waals surface area contributed by atoms with Gasteiger partial charge in [-0.3, -0.25) is 4.79 Å². The van der Waals surface area contributed by atoms with Crippen molar-refractivity contribution in [3.05, 3.63) is 69.3 Å². The first kappa shape index (κ1) is 23.9. The molecule has 0 radical (unpaired) electrons. The summed E-state index contributed by atoms with van der Waals surface area (Å²) in [6.07, 6.45) is 1.22. The van der Waals surface area contributed by atoms with Gasteiger partial charge in [-0.15, -0.1) is 0 Å². The number of nitrogens with zero attached hydrogens (tertiary/aromatic N) is 1. The molecule has 7 heteroatoms. The second kappa shape index (κ2) is 9.30. The van der Waals surface area contributed by atoms with Crippen LogP contribution < -0.4 is 10.7 Å². The largest absolute Gasteiger partial charge is 0.550 e. The Labute approximate surface area is 208 Å². The number of rotatable bonds is 5. The Morgan fingerprint density at radius 2 is 1.64 bits per heavy atom. The molecule has 1 amide bonds. The molecule has 2 aromatic heterocycles. The predicted molar refractivity (Wildman–Crippen MR) is 135 cm³/mol. The van der Waals surface area contributed by atoms with Gasteiger partial charge in [-0.1, -0.05) is 30.3 Å². The van der Waals surface area contributed by atoms with Gasteiger partial charge in [0.05, 0.1) is 0 Å². The summed E-state index contributed by atoms with van der Waals surface area (Å²) < 4.78 is 11.9. The maximum atomic E-state index is 12.9. The molecule has 2 aromatic carbocycles. The van der Waals surface area contributed by atoms with Crippen molar-refractivity contribution in [1.29, 1.82) is 0 Å². The van der Waals surface area contributed by atoms with E-state index in [2.05, 4.69) is 0 Å². The first-order valence-corrected chi connectivity index (χ1v) is 12.3. The van der Waals surface area contributed by atoms with Gasteiger partial charge in [-0.2, -0.15) is 0 Å². The molecule has 1 fully saturated rings. The van der Waals surface area contributed by atoms with Gasteiger partial charge in [0.2, 0.25) is 5.91 Å². The van der Waals surface area contributed by atoms with Crippen LogP contribution in [0.5, 0.6) is 0 Å². The highest BCUT2D eigenvalue weighted by molar-refractivity contribution is 6.05. The van der Waals surface area contributed by atoms with Gasteiger partial charge < -0.3 is 23.6 Å². The molecule has 1 saturated heterocycles. The molecule has 0 unspecified atom stereocenters. The molecule has 0 spiro atoms. The molecular formula is C29H28NO6-. The number of aryl methyl sites for hydroxylation is 3. The summed E-state index contributed by atoms with van der Waals surface area (Å²) in [6.45, 7) is 6.50. The summed E-state index contributed by atoms with van der Waals surface area (Å²) in [5.41, 5.74) is 4.87. The summed E-state index contributed by atoms with van der Waals surface area (Å²) >= 11 is 0. The summed E-state index contributed by atoms with van der Waals surface area (Å²) in [4.78, 5) is 38.5. The van der Waals surface area contributed by atoms with E-state index in [1.165, 1.54) is 0 Å². The minimum Gasteiger partial charge on any atom is -0.550 e. The molecule has 5 rings (SSSR count). The van der Waals surface area contributed by atoms with Crippen LogP contribution in [0.1, 0.15) is 41.7 Å². The lowest BCUT2D eigenvalue weighted by Gasteiger charge is -2.32. The van der Waals surface area contributed by atoms with Crippen LogP contribution in [0, 0.1) is 26.7 Å². The molecule has 0 aliphatic carbocycles. The molecule has 0 atom stereocenters. The first-order valence-electron chi connectivity index (χ1n) is 12.3. The summed E-state index contributed by atoms with van der Waals surface area (Å²) in [6, 6.07) is 12.1. The standard InChI is InChI=1S/C29H29NO6/c1-16-21(9-10-24(31)30-13-11-20(12-14-30)28(32)33)29(34)36-26-17(2)27-23(15-22(16)26)25(18(3)35-27)19-7-5-4-6-8-19/h4-8,15,20H,9-14H2,1-3H3,(H,32,33)/p-1. The van der Waals surface area contributed by atoms with Crippen molar-refractivity contribution in [3.63, 3.8) is 0 Å². The van der Waals surface area contributed by atoms with Gasteiger partial charge in [0.1, 0.15) is 16.9 Å². The Hall–Kier alpha value is -3.87. The zero-order chi connectivity index (χ0) is 25.6. The lowest BCUT2D eigenvalue weighted by atomic mass is 9.95. The van der Waals surface area contributed by atoms with Gasteiger partial charge >= 0.3 is 5.63 Å². The quantitative estimate of drug-likeness (QED) is 0.394. The number of carboxylic acid groups (broad SMARTS) is 1. The van der Waals surface area contributed by atoms with Crippen molar-refractivity contribution in [2.75, 3.05) is 13.1 Å². The number of hydrogen-bond donors (Lipinski definition) is 0. The molecule has 0 bridgehead atoms. The molecule has 4 aromatic rings. The number of amides is 1. The summed E-state index contributed by atoms with van der Waals surface area (Å²) in [7, 11) is 0. The van der Waals surface area contributed by atoms with Crippen LogP contribution in [-0.4, -0.2) is 29.9 Å². The molecule has 186 valence electrons. The molecule has 7 nitrogen and oxygen atoms in total. The van der Waals surface area contributed by atoms with Crippen LogP contribution in [0.3, 0.4) is 0 Å². The van der Waals surface area contributed by atoms with E-state index in [1.807, 2.05) is 57.2 Å². The van der Waals surface area contributed by atoms with Crippen LogP contribution in [0.25, 0.3) is 33.1 Å². The van der Waals surface area contributed by atoms with Crippen molar-refractivity contribution in [2.24, 2.45) is 5.92 Å². The Morgan fingerprint density at radius 3 is 2.31 bits per heavy atom. The second-order valence-corrected chi connectivity index (χ2v) is 9.62. The topological polar surface area (TPSA) is 104 Å². The number of benzene rings is 2. The molecule has 1 aliphatic heterocycles. The Kier molecular flexibility index (Phi) is 6.16. The van der Waals surface area contributed by atoms with Gasteiger partial charge in [-0.25, -0.2) is 4.79 Å². The number of carboxylic acids is 1.